The zero-order valence-corrected chi connectivity index (χ0v) is 22.4. The molecule has 198 valence electrons. The van der Waals surface area contributed by atoms with E-state index in [-0.39, 0.29) is 17.9 Å². The number of hydrogen-bond acceptors (Lipinski definition) is 4. The van der Waals surface area contributed by atoms with Crippen LogP contribution < -0.4 is 14.8 Å². The smallest absolute Gasteiger partial charge is 0.264 e. The van der Waals surface area contributed by atoms with Gasteiger partial charge in [0.25, 0.3) is 5.91 Å². The Kier molecular flexibility index (Phi) is 11.5. The number of halogens is 5. The van der Waals surface area contributed by atoms with E-state index in [0.717, 1.165) is 50.1 Å². The number of alkyl halides is 2. The molecule has 0 spiro atoms. The summed E-state index contributed by atoms with van der Waals surface area (Å²) < 4.78 is 46.8. The fraction of sp³-hybridized carbons (Fsp3) is 0.500. The summed E-state index contributed by atoms with van der Waals surface area (Å²) in [5, 5.41) is 4.11. The highest BCUT2D eigenvalue weighted by molar-refractivity contribution is 7.97. The van der Waals surface area contributed by atoms with E-state index in [9.17, 15) is 18.0 Å². The Hall–Kier alpha value is -1.61. The molecule has 0 atom stereocenters. The molecule has 0 radical (unpaired) electrons. The predicted molar refractivity (Wildman–Crippen MR) is 141 cm³/mol. The largest absolute Gasteiger partial charge is 0.493 e. The quantitative estimate of drug-likeness (QED) is 0.315. The number of piperidine rings is 1. The summed E-state index contributed by atoms with van der Waals surface area (Å²) >= 11 is 12.5. The van der Waals surface area contributed by atoms with Crippen molar-refractivity contribution in [2.24, 2.45) is 5.92 Å². The van der Waals surface area contributed by atoms with Gasteiger partial charge in [-0.15, -0.1) is 0 Å². The Morgan fingerprint density at radius 2 is 1.78 bits per heavy atom. The van der Waals surface area contributed by atoms with Crippen molar-refractivity contribution in [3.05, 3.63) is 62.9 Å². The van der Waals surface area contributed by atoms with Crippen LogP contribution in [0.4, 0.5) is 13.2 Å². The molecule has 0 aromatic heterocycles. The number of hydrogen-bond donors (Lipinski definition) is 2. The second-order valence-electron chi connectivity index (χ2n) is 8.89. The molecule has 1 aliphatic heterocycles. The molecular formula is C26H31Cl2F3N2O2S. The van der Waals surface area contributed by atoms with Crippen LogP contribution in [0.2, 0.25) is 10.0 Å². The number of ether oxygens (including phenoxy) is 1. The van der Waals surface area contributed by atoms with Gasteiger partial charge in [-0.05, 0) is 86.0 Å². The third-order valence-corrected chi connectivity index (χ3v) is 6.97. The van der Waals surface area contributed by atoms with Gasteiger partial charge in [0.15, 0.2) is 0 Å². The molecule has 1 saturated carbocycles. The Bertz CT molecular complexity index is 999. The van der Waals surface area contributed by atoms with E-state index in [0.29, 0.717) is 39.8 Å². The number of amides is 1. The molecule has 4 nitrogen and oxygen atoms in total. The molecule has 1 amide bonds. The van der Waals surface area contributed by atoms with Crippen molar-refractivity contribution in [3.8, 4) is 5.75 Å². The van der Waals surface area contributed by atoms with Crippen molar-refractivity contribution in [1.82, 2.24) is 10.0 Å². The first-order chi connectivity index (χ1) is 17.3. The lowest BCUT2D eigenvalue weighted by atomic mass is 9.99. The average molecular weight is 564 g/mol. The summed E-state index contributed by atoms with van der Waals surface area (Å²) in [6.07, 6.45) is 1.69. The summed E-state index contributed by atoms with van der Waals surface area (Å²) in [5.74, 6) is 1.41. The SMILES string of the molecule is CCSNC(=O)c1cc(C2CC2)c(OCC2CCNCC2)cc1F.FC(F)Cc1cc(Cl)cc(Cl)c1. The normalized spacial score (nSPS) is 15.9. The van der Waals surface area contributed by atoms with Crippen LogP contribution in [0.1, 0.15) is 60.0 Å². The molecule has 2 aliphatic rings. The average Bonchev–Trinajstić information content (AvgIpc) is 3.66. The van der Waals surface area contributed by atoms with E-state index >= 15 is 0 Å². The first kappa shape index (κ1) is 29.0. The summed E-state index contributed by atoms with van der Waals surface area (Å²) in [6, 6.07) is 7.58. The van der Waals surface area contributed by atoms with Gasteiger partial charge in [0.1, 0.15) is 11.6 Å². The molecule has 2 N–H and O–H groups in total. The van der Waals surface area contributed by atoms with Gasteiger partial charge in [-0.25, -0.2) is 13.2 Å². The fourth-order valence-corrected chi connectivity index (χ4v) is 4.90. The van der Waals surface area contributed by atoms with Gasteiger partial charge < -0.3 is 10.1 Å². The molecular weight excluding hydrogens is 532 g/mol. The highest BCUT2D eigenvalue weighted by Crippen LogP contribution is 2.45. The van der Waals surface area contributed by atoms with Crippen molar-refractivity contribution in [2.75, 3.05) is 25.4 Å². The van der Waals surface area contributed by atoms with E-state index in [1.807, 2.05) is 6.92 Å². The molecule has 1 heterocycles. The van der Waals surface area contributed by atoms with Gasteiger partial charge in [0.05, 0.1) is 12.2 Å². The van der Waals surface area contributed by atoms with E-state index in [1.165, 1.54) is 36.2 Å². The van der Waals surface area contributed by atoms with Gasteiger partial charge >= 0.3 is 0 Å². The highest BCUT2D eigenvalue weighted by Gasteiger charge is 2.30. The first-order valence-corrected chi connectivity index (χ1v) is 13.8. The van der Waals surface area contributed by atoms with E-state index in [4.69, 9.17) is 27.9 Å². The molecule has 0 unspecified atom stereocenters. The minimum Gasteiger partial charge on any atom is -0.493 e. The van der Waals surface area contributed by atoms with E-state index in [1.54, 1.807) is 6.07 Å². The lowest BCUT2D eigenvalue weighted by Crippen LogP contribution is -2.30. The van der Waals surface area contributed by atoms with Crippen molar-refractivity contribution in [1.29, 1.82) is 0 Å². The van der Waals surface area contributed by atoms with Crippen molar-refractivity contribution in [3.63, 3.8) is 0 Å². The molecule has 0 bridgehead atoms. The molecule has 2 aromatic carbocycles. The molecule has 36 heavy (non-hydrogen) atoms. The maximum absolute atomic E-state index is 14.4. The van der Waals surface area contributed by atoms with Gasteiger partial charge in [-0.1, -0.05) is 42.1 Å². The Labute approximate surface area is 224 Å². The zero-order chi connectivity index (χ0) is 26.1. The van der Waals surface area contributed by atoms with Crippen LogP contribution in [0.5, 0.6) is 5.75 Å². The maximum atomic E-state index is 14.4. The summed E-state index contributed by atoms with van der Waals surface area (Å²) in [6.45, 7) is 4.60. The highest BCUT2D eigenvalue weighted by atomic mass is 35.5. The minimum absolute atomic E-state index is 0.118. The molecule has 1 aliphatic carbocycles. The number of carbonyl (C=O) groups is 1. The zero-order valence-electron chi connectivity index (χ0n) is 20.1. The fourth-order valence-electron chi connectivity index (χ4n) is 3.94. The Morgan fingerprint density at radius 1 is 1.11 bits per heavy atom. The lowest BCUT2D eigenvalue weighted by Gasteiger charge is -2.23. The third-order valence-electron chi connectivity index (χ3n) is 5.92. The van der Waals surface area contributed by atoms with Gasteiger partial charge in [-0.2, -0.15) is 0 Å². The van der Waals surface area contributed by atoms with Gasteiger partial charge in [0, 0.05) is 28.3 Å². The summed E-state index contributed by atoms with van der Waals surface area (Å²) in [4.78, 5) is 12.1. The molecule has 1 saturated heterocycles. The molecule has 2 fully saturated rings. The van der Waals surface area contributed by atoms with Crippen molar-refractivity contribution >= 4 is 41.1 Å². The van der Waals surface area contributed by atoms with Crippen molar-refractivity contribution < 1.29 is 22.7 Å². The number of benzene rings is 2. The van der Waals surface area contributed by atoms with Gasteiger partial charge in [0.2, 0.25) is 6.43 Å². The molecule has 4 rings (SSSR count). The summed E-state index contributed by atoms with van der Waals surface area (Å²) in [7, 11) is 0. The number of nitrogens with one attached hydrogen (secondary N) is 2. The predicted octanol–water partition coefficient (Wildman–Crippen LogP) is 7.28. The van der Waals surface area contributed by atoms with Crippen LogP contribution in [-0.4, -0.2) is 37.8 Å². The monoisotopic (exact) mass is 562 g/mol. The Morgan fingerprint density at radius 3 is 2.36 bits per heavy atom. The minimum atomic E-state index is -2.36. The van der Waals surface area contributed by atoms with Crippen LogP contribution in [0.25, 0.3) is 0 Å². The van der Waals surface area contributed by atoms with E-state index in [2.05, 4.69) is 10.0 Å². The van der Waals surface area contributed by atoms with Crippen LogP contribution in [0.15, 0.2) is 30.3 Å². The van der Waals surface area contributed by atoms with Gasteiger partial charge in [-0.3, -0.25) is 9.52 Å². The van der Waals surface area contributed by atoms with E-state index < -0.39 is 12.2 Å². The van der Waals surface area contributed by atoms with Crippen LogP contribution in [0.3, 0.4) is 0 Å². The maximum Gasteiger partial charge on any atom is 0.264 e. The second-order valence-corrected chi connectivity index (χ2v) is 10.8. The standard InChI is InChI=1S/C18H25FN2O2S.C8H6Cl2F2/c1-2-24-21-18(22)15-9-14(13-3-4-13)17(10-16(15)19)23-11-12-5-7-20-8-6-12;9-6-1-5(3-8(11)12)2-7(10)4-6/h9-10,12-13,20H,2-8,11H2,1H3,(H,21,22);1-2,4,8H,3H2. The van der Waals surface area contributed by atoms with Crippen LogP contribution in [0, 0.1) is 11.7 Å². The third kappa shape index (κ3) is 9.36. The molecule has 10 heteroatoms. The van der Waals surface area contributed by atoms with Crippen LogP contribution >= 0.6 is 35.1 Å². The van der Waals surface area contributed by atoms with Crippen molar-refractivity contribution in [2.45, 2.75) is 51.4 Å². The second kappa shape index (κ2) is 14.4. The Balaban J connectivity index is 0.000000253. The first-order valence-electron chi connectivity index (χ1n) is 12.1. The van der Waals surface area contributed by atoms with Crippen LogP contribution in [-0.2, 0) is 6.42 Å². The lowest BCUT2D eigenvalue weighted by molar-refractivity contribution is 0.0980. The topological polar surface area (TPSA) is 50.4 Å². The number of rotatable bonds is 9. The summed E-state index contributed by atoms with van der Waals surface area (Å²) in [5.41, 5.74) is 1.56. The number of carbonyl (C=O) groups excluding carboxylic acids is 1. The molecule has 2 aromatic rings.